The van der Waals surface area contributed by atoms with Gasteiger partial charge in [0.05, 0.1) is 18.8 Å². The van der Waals surface area contributed by atoms with Crippen LogP contribution in [0.1, 0.15) is 43.0 Å². The number of thiazole rings is 1. The number of ether oxygens (including phenoxy) is 1. The number of guanidine groups is 1. The molecule has 0 bridgehead atoms. The lowest BCUT2D eigenvalue weighted by atomic mass is 10.2. The summed E-state index contributed by atoms with van der Waals surface area (Å²) in [7, 11) is 0. The van der Waals surface area contributed by atoms with Crippen LogP contribution in [0.25, 0.3) is 0 Å². The summed E-state index contributed by atoms with van der Waals surface area (Å²) in [6, 6.07) is 6.60. The van der Waals surface area contributed by atoms with Crippen molar-refractivity contribution in [3.05, 3.63) is 45.9 Å². The smallest absolute Gasteiger partial charge is 0.422 e. The van der Waals surface area contributed by atoms with E-state index in [4.69, 9.17) is 4.74 Å². The largest absolute Gasteiger partial charge is 0.484 e. The average Bonchev–Trinajstić information content (AvgIpc) is 3.12. The van der Waals surface area contributed by atoms with Crippen molar-refractivity contribution in [1.29, 1.82) is 0 Å². The quantitative estimate of drug-likeness (QED) is 0.495. The van der Waals surface area contributed by atoms with E-state index < -0.39 is 12.8 Å². The third-order valence-corrected chi connectivity index (χ3v) is 4.55. The number of aromatic nitrogens is 1. The van der Waals surface area contributed by atoms with Gasteiger partial charge in [-0.3, -0.25) is 0 Å². The maximum atomic E-state index is 12.4. The van der Waals surface area contributed by atoms with Crippen molar-refractivity contribution in [3.8, 4) is 5.75 Å². The predicted octanol–water partition coefficient (Wildman–Crippen LogP) is 4.46. The molecule has 1 aromatic carbocycles. The topological polar surface area (TPSA) is 58.5 Å². The van der Waals surface area contributed by atoms with Crippen molar-refractivity contribution < 1.29 is 17.9 Å². The summed E-state index contributed by atoms with van der Waals surface area (Å²) in [5.74, 6) is 1.12. The van der Waals surface area contributed by atoms with E-state index in [9.17, 15) is 13.2 Å². The zero-order chi connectivity index (χ0) is 20.6. The molecular weight excluding hydrogens is 389 g/mol. The molecule has 0 aliphatic rings. The lowest BCUT2D eigenvalue weighted by molar-refractivity contribution is -0.153. The Balaban J connectivity index is 2.01. The van der Waals surface area contributed by atoms with Crippen molar-refractivity contribution in [2.24, 2.45) is 4.99 Å². The number of benzene rings is 1. The molecule has 154 valence electrons. The Morgan fingerprint density at radius 3 is 2.64 bits per heavy atom. The summed E-state index contributed by atoms with van der Waals surface area (Å²) in [5, 5.41) is 9.31. The van der Waals surface area contributed by atoms with Crippen LogP contribution in [-0.4, -0.2) is 30.3 Å². The van der Waals surface area contributed by atoms with Gasteiger partial charge >= 0.3 is 6.18 Å². The zero-order valence-corrected chi connectivity index (χ0v) is 17.0. The highest BCUT2D eigenvalue weighted by Crippen LogP contribution is 2.23. The standard InChI is InChI=1S/C19H25F3N4OS/c1-4-23-18(25-10-17-26-15(11-28-17)13(2)3)24-9-14-7-5-6-8-16(14)27-12-19(20,21)22/h5-8,11,13H,4,9-10,12H2,1-3H3,(H2,23,24,25). The molecule has 9 heteroatoms. The number of aliphatic imine (C=N–C) groups is 1. The Morgan fingerprint density at radius 2 is 2.00 bits per heavy atom. The number of halogens is 3. The first-order valence-corrected chi connectivity index (χ1v) is 9.90. The second-order valence-electron chi connectivity index (χ2n) is 6.38. The van der Waals surface area contributed by atoms with E-state index in [1.165, 1.54) is 6.07 Å². The van der Waals surface area contributed by atoms with Gasteiger partial charge in [-0.2, -0.15) is 13.2 Å². The Bertz CT molecular complexity index is 775. The van der Waals surface area contributed by atoms with Crippen molar-refractivity contribution in [3.63, 3.8) is 0 Å². The molecule has 2 rings (SSSR count). The van der Waals surface area contributed by atoms with Gasteiger partial charge in [-0.1, -0.05) is 32.0 Å². The predicted molar refractivity (Wildman–Crippen MR) is 106 cm³/mol. The molecule has 1 aromatic heterocycles. The van der Waals surface area contributed by atoms with Crippen LogP contribution in [-0.2, 0) is 13.1 Å². The van der Waals surface area contributed by atoms with E-state index in [0.717, 1.165) is 10.7 Å². The third kappa shape index (κ3) is 7.38. The molecule has 0 saturated heterocycles. The lowest BCUT2D eigenvalue weighted by Crippen LogP contribution is -2.36. The molecule has 0 fully saturated rings. The second-order valence-corrected chi connectivity index (χ2v) is 7.32. The SMILES string of the molecule is CCNC(=NCc1ccccc1OCC(F)(F)F)NCc1nc(C(C)C)cs1. The molecule has 0 radical (unpaired) electrons. The van der Waals surface area contributed by atoms with Crippen molar-refractivity contribution in [1.82, 2.24) is 15.6 Å². The van der Waals surface area contributed by atoms with E-state index in [0.29, 0.717) is 30.5 Å². The van der Waals surface area contributed by atoms with Gasteiger partial charge in [0.2, 0.25) is 0 Å². The van der Waals surface area contributed by atoms with Crippen molar-refractivity contribution in [2.75, 3.05) is 13.2 Å². The summed E-state index contributed by atoms with van der Waals surface area (Å²) in [6.45, 7) is 6.18. The minimum absolute atomic E-state index is 0.181. The zero-order valence-electron chi connectivity index (χ0n) is 16.1. The van der Waals surface area contributed by atoms with Gasteiger partial charge in [0, 0.05) is 17.5 Å². The van der Waals surface area contributed by atoms with Gasteiger partial charge in [0.25, 0.3) is 0 Å². The molecule has 5 nitrogen and oxygen atoms in total. The van der Waals surface area contributed by atoms with Gasteiger partial charge in [0.1, 0.15) is 10.8 Å². The first-order valence-electron chi connectivity index (χ1n) is 9.02. The van der Waals surface area contributed by atoms with E-state index in [1.54, 1.807) is 29.5 Å². The first kappa shape index (κ1) is 22.0. The van der Waals surface area contributed by atoms with Crippen LogP contribution in [0.15, 0.2) is 34.6 Å². The molecule has 2 N–H and O–H groups in total. The summed E-state index contributed by atoms with van der Waals surface area (Å²) in [6.07, 6.45) is -4.38. The molecule has 0 spiro atoms. The molecule has 0 saturated carbocycles. The Labute approximate surface area is 167 Å². The van der Waals surface area contributed by atoms with Gasteiger partial charge in [-0.15, -0.1) is 11.3 Å². The number of hydrogen-bond donors (Lipinski definition) is 2. The summed E-state index contributed by atoms with van der Waals surface area (Å²) in [5.41, 5.74) is 1.64. The summed E-state index contributed by atoms with van der Waals surface area (Å²) in [4.78, 5) is 9.02. The average molecular weight is 414 g/mol. The van der Waals surface area contributed by atoms with E-state index in [1.807, 2.05) is 12.3 Å². The highest BCUT2D eigenvalue weighted by atomic mass is 32.1. The molecule has 1 heterocycles. The minimum Gasteiger partial charge on any atom is -0.484 e. The molecule has 0 amide bonds. The maximum absolute atomic E-state index is 12.4. The van der Waals surface area contributed by atoms with Crippen LogP contribution in [0, 0.1) is 0 Å². The number of alkyl halides is 3. The van der Waals surface area contributed by atoms with E-state index >= 15 is 0 Å². The molecule has 0 unspecified atom stereocenters. The normalized spacial score (nSPS) is 12.3. The van der Waals surface area contributed by atoms with Gasteiger partial charge < -0.3 is 15.4 Å². The third-order valence-electron chi connectivity index (χ3n) is 3.68. The van der Waals surface area contributed by atoms with Crippen LogP contribution >= 0.6 is 11.3 Å². The molecule has 0 atom stereocenters. The Morgan fingerprint density at radius 1 is 1.25 bits per heavy atom. The van der Waals surface area contributed by atoms with E-state index in [2.05, 4.69) is 34.5 Å². The van der Waals surface area contributed by atoms with Gasteiger partial charge in [-0.05, 0) is 18.9 Å². The van der Waals surface area contributed by atoms with Crippen molar-refractivity contribution >= 4 is 17.3 Å². The van der Waals surface area contributed by atoms with Crippen molar-refractivity contribution in [2.45, 2.75) is 46.0 Å². The number of rotatable bonds is 8. The van der Waals surface area contributed by atoms with Crippen LogP contribution in [0.3, 0.4) is 0 Å². The van der Waals surface area contributed by atoms with Gasteiger partial charge in [-0.25, -0.2) is 9.98 Å². The molecular formula is C19H25F3N4OS. The van der Waals surface area contributed by atoms with Crippen LogP contribution in [0.2, 0.25) is 0 Å². The molecule has 28 heavy (non-hydrogen) atoms. The lowest BCUT2D eigenvalue weighted by Gasteiger charge is -2.13. The highest BCUT2D eigenvalue weighted by Gasteiger charge is 2.28. The fourth-order valence-corrected chi connectivity index (χ4v) is 3.17. The van der Waals surface area contributed by atoms with Crippen LogP contribution in [0.5, 0.6) is 5.75 Å². The summed E-state index contributed by atoms with van der Waals surface area (Å²) >= 11 is 1.58. The number of para-hydroxylation sites is 1. The Kier molecular flexibility index (Phi) is 8.10. The summed E-state index contributed by atoms with van der Waals surface area (Å²) < 4.78 is 42.2. The second kappa shape index (κ2) is 10.3. The Hall–Kier alpha value is -2.29. The fourth-order valence-electron chi connectivity index (χ4n) is 2.27. The van der Waals surface area contributed by atoms with Gasteiger partial charge in [0.15, 0.2) is 12.6 Å². The maximum Gasteiger partial charge on any atom is 0.422 e. The number of nitrogens with zero attached hydrogens (tertiary/aromatic N) is 2. The first-order chi connectivity index (χ1) is 13.3. The van der Waals surface area contributed by atoms with Crippen LogP contribution in [0.4, 0.5) is 13.2 Å². The monoisotopic (exact) mass is 414 g/mol. The minimum atomic E-state index is -4.38. The number of hydrogen-bond acceptors (Lipinski definition) is 4. The number of nitrogens with one attached hydrogen (secondary N) is 2. The molecule has 0 aliphatic carbocycles. The van der Waals surface area contributed by atoms with Crippen LogP contribution < -0.4 is 15.4 Å². The molecule has 0 aliphatic heterocycles. The van der Waals surface area contributed by atoms with E-state index in [-0.39, 0.29) is 12.3 Å². The molecule has 2 aromatic rings. The highest BCUT2D eigenvalue weighted by molar-refractivity contribution is 7.09. The fraction of sp³-hybridized carbons (Fsp3) is 0.474.